The molecular weight excluding hydrogens is 487 g/mol. The Bertz CT molecular complexity index is 1170. The van der Waals surface area contributed by atoms with Gasteiger partial charge in [-0.05, 0) is 49.2 Å². The summed E-state index contributed by atoms with van der Waals surface area (Å²) in [6.45, 7) is 0.585. The Morgan fingerprint density at radius 2 is 2.03 bits per heavy atom. The lowest BCUT2D eigenvalue weighted by atomic mass is 10.1. The lowest BCUT2D eigenvalue weighted by Gasteiger charge is -2.13. The van der Waals surface area contributed by atoms with Gasteiger partial charge in [-0.3, -0.25) is 9.69 Å². The van der Waals surface area contributed by atoms with Gasteiger partial charge in [-0.2, -0.15) is 5.21 Å². The van der Waals surface area contributed by atoms with Gasteiger partial charge < -0.3 is 0 Å². The van der Waals surface area contributed by atoms with Crippen molar-refractivity contribution in [3.63, 3.8) is 0 Å². The van der Waals surface area contributed by atoms with Gasteiger partial charge in [0.2, 0.25) is 0 Å². The third-order valence-electron chi connectivity index (χ3n) is 4.80. The van der Waals surface area contributed by atoms with Crippen molar-refractivity contribution in [1.82, 2.24) is 30.5 Å². The number of aromatic amines is 1. The molecule has 7 nitrogen and oxygen atoms in total. The number of rotatable bonds is 8. The number of nitrogens with one attached hydrogen (secondary N) is 1. The quantitative estimate of drug-likeness (QED) is 0.256. The number of unbranched alkanes of at least 4 members (excludes halogenated alkanes) is 2. The standard InChI is InChI=1S/C21H18Cl2N6OS2/c22-13-8-9-15(16(23)11-13)17-6-4-5-14(24-17)12-18-20(30)29(21(31)32-18)10-3-1-2-7-19-25-27-28-26-19/h4-6,8-9,11-12H,1-3,7,10H2,(H,25,26,27,28). The fraction of sp³-hybridized carbons (Fsp3) is 0.238. The van der Waals surface area contributed by atoms with Crippen LogP contribution in [0.15, 0.2) is 41.3 Å². The second-order valence-electron chi connectivity index (χ2n) is 7.04. The monoisotopic (exact) mass is 504 g/mol. The van der Waals surface area contributed by atoms with Gasteiger partial charge >= 0.3 is 0 Å². The number of hydrogen-bond acceptors (Lipinski definition) is 7. The zero-order valence-corrected chi connectivity index (χ0v) is 19.9. The van der Waals surface area contributed by atoms with Gasteiger partial charge in [0.25, 0.3) is 5.91 Å². The lowest BCUT2D eigenvalue weighted by Crippen LogP contribution is -2.29. The number of carbonyl (C=O) groups excluding carboxylic acids is 1. The largest absolute Gasteiger partial charge is 0.293 e. The highest BCUT2D eigenvalue weighted by atomic mass is 35.5. The van der Waals surface area contributed by atoms with Gasteiger partial charge in [-0.1, -0.05) is 64.9 Å². The van der Waals surface area contributed by atoms with Crippen LogP contribution in [0.25, 0.3) is 17.3 Å². The van der Waals surface area contributed by atoms with Crippen LogP contribution in [0.2, 0.25) is 10.0 Å². The Balaban J connectivity index is 1.39. The summed E-state index contributed by atoms with van der Waals surface area (Å²) in [7, 11) is 0. The maximum Gasteiger partial charge on any atom is 0.266 e. The minimum Gasteiger partial charge on any atom is -0.293 e. The van der Waals surface area contributed by atoms with Crippen LogP contribution in [0.3, 0.4) is 0 Å². The van der Waals surface area contributed by atoms with Gasteiger partial charge in [0.15, 0.2) is 5.82 Å². The second kappa shape index (κ2) is 10.5. The van der Waals surface area contributed by atoms with Crippen LogP contribution in [0, 0.1) is 0 Å². The molecule has 3 aromatic rings. The molecule has 164 valence electrons. The second-order valence-corrected chi connectivity index (χ2v) is 9.56. The average molecular weight is 505 g/mol. The van der Waals surface area contributed by atoms with Crippen molar-refractivity contribution in [3.8, 4) is 11.3 Å². The number of nitrogens with zero attached hydrogens (tertiary/aromatic N) is 5. The number of H-pyrrole nitrogens is 1. The molecule has 32 heavy (non-hydrogen) atoms. The summed E-state index contributed by atoms with van der Waals surface area (Å²) >= 11 is 19.0. The maximum absolute atomic E-state index is 12.9. The Labute approximate surface area is 204 Å². The Kier molecular flexibility index (Phi) is 7.51. The number of hydrogen-bond donors (Lipinski definition) is 1. The SMILES string of the molecule is O=C1C(=Cc2cccc(-c3ccc(Cl)cc3Cl)n2)SC(=S)N1CCCCCc1nn[nH]n1. The predicted octanol–water partition coefficient (Wildman–Crippen LogP) is 5.18. The number of halogens is 2. The fourth-order valence-corrected chi connectivity index (χ4v) is 5.02. The van der Waals surface area contributed by atoms with E-state index in [2.05, 4.69) is 25.6 Å². The van der Waals surface area contributed by atoms with Crippen molar-refractivity contribution in [3.05, 3.63) is 62.9 Å². The molecule has 1 saturated heterocycles. The van der Waals surface area contributed by atoms with Crippen molar-refractivity contribution >= 4 is 63.5 Å². The molecule has 2 aromatic heterocycles. The third kappa shape index (κ3) is 5.53. The number of aromatic nitrogens is 5. The lowest BCUT2D eigenvalue weighted by molar-refractivity contribution is -0.122. The van der Waals surface area contributed by atoms with Gasteiger partial charge in [0.1, 0.15) is 4.32 Å². The van der Waals surface area contributed by atoms with Crippen molar-refractivity contribution in [2.75, 3.05) is 6.54 Å². The maximum atomic E-state index is 12.9. The normalized spacial score (nSPS) is 15.2. The minimum atomic E-state index is -0.0881. The number of thiocarbonyl (C=S) groups is 1. The molecular formula is C21H18Cl2N6OS2. The average Bonchev–Trinajstić information content (AvgIpc) is 3.37. The summed E-state index contributed by atoms with van der Waals surface area (Å²) in [5, 5.41) is 14.9. The van der Waals surface area contributed by atoms with E-state index in [-0.39, 0.29) is 5.91 Å². The first-order valence-corrected chi connectivity index (χ1v) is 11.9. The molecule has 1 N–H and O–H groups in total. The zero-order chi connectivity index (χ0) is 22.5. The van der Waals surface area contributed by atoms with E-state index in [0.717, 1.165) is 31.2 Å². The van der Waals surface area contributed by atoms with Gasteiger partial charge in [-0.15, -0.1) is 10.2 Å². The van der Waals surface area contributed by atoms with Gasteiger partial charge in [-0.25, -0.2) is 4.98 Å². The fourth-order valence-electron chi connectivity index (χ4n) is 3.22. The molecule has 0 spiro atoms. The number of aryl methyl sites for hydroxylation is 1. The summed E-state index contributed by atoms with van der Waals surface area (Å²) in [4.78, 5) is 19.7. The minimum absolute atomic E-state index is 0.0881. The molecule has 0 aliphatic carbocycles. The number of thioether (sulfide) groups is 1. The van der Waals surface area contributed by atoms with Crippen LogP contribution in [-0.4, -0.2) is 47.3 Å². The third-order valence-corrected chi connectivity index (χ3v) is 6.73. The van der Waals surface area contributed by atoms with Crippen LogP contribution in [0.1, 0.15) is 30.8 Å². The summed E-state index contributed by atoms with van der Waals surface area (Å²) in [5.74, 6) is 0.614. The van der Waals surface area contributed by atoms with Crippen molar-refractivity contribution in [2.24, 2.45) is 0 Å². The molecule has 1 aliphatic heterocycles. The number of amides is 1. The van der Waals surface area contributed by atoms with Crippen molar-refractivity contribution < 1.29 is 4.79 Å². The van der Waals surface area contributed by atoms with Crippen molar-refractivity contribution in [1.29, 1.82) is 0 Å². The molecule has 1 aliphatic rings. The van der Waals surface area contributed by atoms with E-state index in [1.165, 1.54) is 11.8 Å². The van der Waals surface area contributed by atoms with Gasteiger partial charge in [0.05, 0.1) is 21.3 Å². The van der Waals surface area contributed by atoms with E-state index >= 15 is 0 Å². The van der Waals surface area contributed by atoms with Crippen LogP contribution >= 0.6 is 47.2 Å². The summed E-state index contributed by atoms with van der Waals surface area (Å²) in [6.07, 6.45) is 5.24. The molecule has 4 rings (SSSR count). The van der Waals surface area contributed by atoms with E-state index in [1.807, 2.05) is 24.3 Å². The molecule has 0 radical (unpaired) electrons. The molecule has 1 amide bonds. The van der Waals surface area contributed by atoms with Crippen LogP contribution in [0.4, 0.5) is 0 Å². The van der Waals surface area contributed by atoms with E-state index < -0.39 is 0 Å². The van der Waals surface area contributed by atoms with Crippen LogP contribution in [-0.2, 0) is 11.2 Å². The molecule has 0 atom stereocenters. The Morgan fingerprint density at radius 1 is 1.16 bits per heavy atom. The number of benzene rings is 1. The first-order valence-electron chi connectivity index (χ1n) is 9.91. The first-order chi connectivity index (χ1) is 15.5. The highest BCUT2D eigenvalue weighted by molar-refractivity contribution is 8.26. The molecule has 1 aromatic carbocycles. The van der Waals surface area contributed by atoms with Crippen LogP contribution in [0.5, 0.6) is 0 Å². The number of pyridine rings is 1. The first kappa shape index (κ1) is 22.8. The highest BCUT2D eigenvalue weighted by Crippen LogP contribution is 2.33. The topological polar surface area (TPSA) is 87.7 Å². The molecule has 0 bridgehead atoms. The Morgan fingerprint density at radius 3 is 2.81 bits per heavy atom. The van der Waals surface area contributed by atoms with Gasteiger partial charge in [0, 0.05) is 23.6 Å². The van der Waals surface area contributed by atoms with E-state index in [1.54, 1.807) is 23.1 Å². The molecule has 0 unspecified atom stereocenters. The smallest absolute Gasteiger partial charge is 0.266 e. The van der Waals surface area contributed by atoms with E-state index in [9.17, 15) is 4.79 Å². The molecule has 3 heterocycles. The van der Waals surface area contributed by atoms with Crippen LogP contribution < -0.4 is 0 Å². The summed E-state index contributed by atoms with van der Waals surface area (Å²) in [5.41, 5.74) is 2.14. The number of carbonyl (C=O) groups is 1. The molecule has 11 heteroatoms. The Hall–Kier alpha value is -2.33. The zero-order valence-electron chi connectivity index (χ0n) is 16.8. The van der Waals surface area contributed by atoms with Crippen molar-refractivity contribution in [2.45, 2.75) is 25.7 Å². The van der Waals surface area contributed by atoms with E-state index in [0.29, 0.717) is 43.0 Å². The summed E-state index contributed by atoms with van der Waals surface area (Å²) in [6, 6.07) is 10.9. The predicted molar refractivity (Wildman–Crippen MR) is 131 cm³/mol. The number of tetrazole rings is 1. The molecule has 1 fully saturated rings. The highest BCUT2D eigenvalue weighted by Gasteiger charge is 2.31. The summed E-state index contributed by atoms with van der Waals surface area (Å²) < 4.78 is 0.566. The molecule has 0 saturated carbocycles. The van der Waals surface area contributed by atoms with E-state index in [4.69, 9.17) is 35.4 Å².